The van der Waals surface area contributed by atoms with Crippen LogP contribution in [0.25, 0.3) is 5.57 Å². The Balaban J connectivity index is 0.000000580. The van der Waals surface area contributed by atoms with Crippen molar-refractivity contribution in [3.05, 3.63) is 75.6 Å². The summed E-state index contributed by atoms with van der Waals surface area (Å²) in [6, 6.07) is 7.59. The van der Waals surface area contributed by atoms with E-state index in [1.165, 1.54) is 25.3 Å². The maximum Gasteiger partial charge on any atom is 0.214 e. The van der Waals surface area contributed by atoms with Crippen molar-refractivity contribution < 1.29 is 9.47 Å². The fourth-order valence-corrected chi connectivity index (χ4v) is 3.44. The Morgan fingerprint density at radius 3 is 2.33 bits per heavy atom. The molecule has 0 aliphatic rings. The molecule has 2 N–H and O–H groups in total. The van der Waals surface area contributed by atoms with Gasteiger partial charge in [-0.3, -0.25) is 10.4 Å². The summed E-state index contributed by atoms with van der Waals surface area (Å²) in [7, 11) is 3.15. The summed E-state index contributed by atoms with van der Waals surface area (Å²) in [4.78, 5) is 4.27. The van der Waals surface area contributed by atoms with Crippen LogP contribution in [0.5, 0.6) is 5.75 Å². The Hall–Kier alpha value is -3.36. The first-order valence-electron chi connectivity index (χ1n) is 13.3. The number of halogens is 1. The van der Waals surface area contributed by atoms with Gasteiger partial charge < -0.3 is 14.9 Å². The summed E-state index contributed by atoms with van der Waals surface area (Å²) in [5, 5.41) is 15.8. The fourth-order valence-electron chi connectivity index (χ4n) is 3.25. The third-order valence-corrected chi connectivity index (χ3v) is 5.95. The van der Waals surface area contributed by atoms with Gasteiger partial charge in [-0.05, 0) is 74.6 Å². The van der Waals surface area contributed by atoms with Crippen molar-refractivity contribution in [1.82, 2.24) is 4.98 Å². The van der Waals surface area contributed by atoms with Crippen molar-refractivity contribution >= 4 is 29.3 Å². The summed E-state index contributed by atoms with van der Waals surface area (Å²) in [6.45, 7) is 14.4. The summed E-state index contributed by atoms with van der Waals surface area (Å²) in [5.41, 5.74) is 5.39. The first-order chi connectivity index (χ1) is 18.6. The molecule has 0 fully saturated rings. The normalized spacial score (nSPS) is 10.5. The molecule has 0 bridgehead atoms. The van der Waals surface area contributed by atoms with Gasteiger partial charge in [-0.2, -0.15) is 0 Å². The van der Waals surface area contributed by atoms with Gasteiger partial charge in [0.2, 0.25) is 5.90 Å². The van der Waals surface area contributed by atoms with Crippen LogP contribution >= 0.6 is 11.6 Å². The Morgan fingerprint density at radius 1 is 1.15 bits per heavy atom. The van der Waals surface area contributed by atoms with Crippen LogP contribution in [-0.2, 0) is 11.2 Å². The SMILES string of the molecule is CCC#C/C=C\C(C)CC.CCCc1cc(Cl)ccc1OC.COC(=N)c1cnc(C(C=N)=C(C)C)cc1C. The lowest BCUT2D eigenvalue weighted by atomic mass is 10.0. The van der Waals surface area contributed by atoms with E-state index in [1.54, 1.807) is 13.3 Å². The van der Waals surface area contributed by atoms with Crippen molar-refractivity contribution in [2.24, 2.45) is 5.92 Å². The summed E-state index contributed by atoms with van der Waals surface area (Å²) >= 11 is 5.85. The Morgan fingerprint density at radius 2 is 1.85 bits per heavy atom. The smallest absolute Gasteiger partial charge is 0.214 e. The van der Waals surface area contributed by atoms with E-state index in [0.29, 0.717) is 11.5 Å². The quantitative estimate of drug-likeness (QED) is 0.195. The molecule has 0 aliphatic carbocycles. The molecular weight excluding hydrogens is 506 g/mol. The third kappa shape index (κ3) is 13.8. The highest BCUT2D eigenvalue weighted by molar-refractivity contribution is 6.30. The van der Waals surface area contributed by atoms with Gasteiger partial charge in [-0.15, -0.1) is 0 Å². The Bertz CT molecular complexity index is 1170. The molecule has 1 unspecified atom stereocenters. The number of nitrogens with zero attached hydrogens (tertiary/aromatic N) is 1. The number of allylic oxidation sites excluding steroid dienone is 4. The topological polar surface area (TPSA) is 79.1 Å². The monoisotopic (exact) mass is 551 g/mol. The van der Waals surface area contributed by atoms with Gasteiger partial charge in [-0.25, -0.2) is 0 Å². The lowest BCUT2D eigenvalue weighted by Crippen LogP contribution is -2.06. The molecule has 1 atom stereocenters. The summed E-state index contributed by atoms with van der Waals surface area (Å²) in [6.07, 6.45) is 11.3. The molecule has 2 aromatic rings. The highest BCUT2D eigenvalue weighted by Crippen LogP contribution is 2.23. The number of aromatic nitrogens is 1. The second-order valence-electron chi connectivity index (χ2n) is 9.10. The van der Waals surface area contributed by atoms with Crippen LogP contribution in [0.1, 0.15) is 83.2 Å². The van der Waals surface area contributed by atoms with Gasteiger partial charge in [0.1, 0.15) is 5.75 Å². The minimum atomic E-state index is 0.107. The molecule has 2 rings (SSSR count). The standard InChI is InChI=1S/C13H17N3O.C10H13ClO.C10H16/c1-8(2)10(6-14)12-5-9(3)11(7-16-12)13(15)17-4;1-3-4-8-7-9(11)5-6-10(8)12-2;1-4-6-7-8-9-10(3)5-2/h5-7,14-15H,1-4H3;5-7H,3-4H2,1-2H3;8-10H,4-5H2,1-3H3/b;;9-8-. The van der Waals surface area contributed by atoms with Crippen molar-refractivity contribution in [2.45, 2.75) is 74.1 Å². The van der Waals surface area contributed by atoms with E-state index >= 15 is 0 Å². The van der Waals surface area contributed by atoms with Crippen LogP contribution in [0.2, 0.25) is 5.02 Å². The molecule has 6 heteroatoms. The van der Waals surface area contributed by atoms with Crippen molar-refractivity contribution in [1.29, 1.82) is 10.8 Å². The number of aryl methyl sites for hydroxylation is 2. The number of ether oxygens (including phenoxy) is 2. The lowest BCUT2D eigenvalue weighted by molar-refractivity contribution is 0.400. The zero-order chi connectivity index (χ0) is 29.8. The van der Waals surface area contributed by atoms with Crippen LogP contribution in [0, 0.1) is 35.5 Å². The van der Waals surface area contributed by atoms with E-state index in [0.717, 1.165) is 52.4 Å². The Labute approximate surface area is 241 Å². The van der Waals surface area contributed by atoms with E-state index in [2.05, 4.69) is 50.6 Å². The average molecular weight is 552 g/mol. The molecule has 0 radical (unpaired) electrons. The van der Waals surface area contributed by atoms with Gasteiger partial charge in [0.15, 0.2) is 0 Å². The molecule has 0 saturated carbocycles. The number of hydrogen-bond acceptors (Lipinski definition) is 5. The van der Waals surface area contributed by atoms with Crippen LogP contribution < -0.4 is 4.74 Å². The van der Waals surface area contributed by atoms with E-state index in [1.807, 2.05) is 51.1 Å². The van der Waals surface area contributed by atoms with Crippen molar-refractivity contribution in [3.8, 4) is 17.6 Å². The number of nitrogens with one attached hydrogen (secondary N) is 2. The molecule has 0 amide bonds. The largest absolute Gasteiger partial charge is 0.496 e. The first kappa shape index (κ1) is 35.6. The number of methoxy groups -OCH3 is 2. The molecule has 1 aromatic carbocycles. The first-order valence-corrected chi connectivity index (χ1v) is 13.7. The van der Waals surface area contributed by atoms with Gasteiger partial charge in [0.05, 0.1) is 25.5 Å². The van der Waals surface area contributed by atoms with Crippen LogP contribution in [0.3, 0.4) is 0 Å². The highest BCUT2D eigenvalue weighted by Gasteiger charge is 2.09. The summed E-state index contributed by atoms with van der Waals surface area (Å²) in [5.74, 6) is 7.67. The maximum atomic E-state index is 7.61. The minimum absolute atomic E-state index is 0.107. The van der Waals surface area contributed by atoms with Crippen molar-refractivity contribution in [2.75, 3.05) is 14.2 Å². The number of hydrogen-bond donors (Lipinski definition) is 2. The van der Waals surface area contributed by atoms with E-state index in [4.69, 9.17) is 31.9 Å². The van der Waals surface area contributed by atoms with Crippen LogP contribution in [0.15, 0.2) is 48.2 Å². The van der Waals surface area contributed by atoms with Gasteiger partial charge in [0.25, 0.3) is 0 Å². The predicted octanol–water partition coefficient (Wildman–Crippen LogP) is 9.11. The third-order valence-electron chi connectivity index (χ3n) is 5.71. The van der Waals surface area contributed by atoms with Crippen LogP contribution in [-0.4, -0.2) is 31.3 Å². The molecule has 0 aliphatic heterocycles. The molecule has 212 valence electrons. The molecule has 0 saturated heterocycles. The number of rotatable bonds is 8. The second kappa shape index (κ2) is 20.6. The Kier molecular flexibility index (Phi) is 18.8. The zero-order valence-corrected chi connectivity index (χ0v) is 25.9. The predicted molar refractivity (Wildman–Crippen MR) is 169 cm³/mol. The minimum Gasteiger partial charge on any atom is -0.496 e. The summed E-state index contributed by atoms with van der Waals surface area (Å²) < 4.78 is 10.1. The number of benzene rings is 1. The lowest BCUT2D eigenvalue weighted by Gasteiger charge is -2.09. The number of pyridine rings is 1. The molecule has 1 aromatic heterocycles. The van der Waals surface area contributed by atoms with E-state index < -0.39 is 0 Å². The molecule has 39 heavy (non-hydrogen) atoms. The van der Waals surface area contributed by atoms with Gasteiger partial charge >= 0.3 is 0 Å². The van der Waals surface area contributed by atoms with Gasteiger partial charge in [-0.1, -0.05) is 75.6 Å². The molecule has 1 heterocycles. The van der Waals surface area contributed by atoms with Gasteiger partial charge in [0, 0.05) is 29.4 Å². The zero-order valence-electron chi connectivity index (χ0n) is 25.2. The maximum absolute atomic E-state index is 7.61. The van der Waals surface area contributed by atoms with Crippen LogP contribution in [0.4, 0.5) is 0 Å². The highest BCUT2D eigenvalue weighted by atomic mass is 35.5. The van der Waals surface area contributed by atoms with E-state index in [-0.39, 0.29) is 5.90 Å². The van der Waals surface area contributed by atoms with Crippen molar-refractivity contribution in [3.63, 3.8) is 0 Å². The molecule has 5 nitrogen and oxygen atoms in total. The second-order valence-corrected chi connectivity index (χ2v) is 9.54. The average Bonchev–Trinajstić information content (AvgIpc) is 2.92. The molecular formula is C33H46ClN3O2. The fraction of sp³-hybridized carbons (Fsp3) is 0.424. The molecule has 0 spiro atoms. The van der Waals surface area contributed by atoms with E-state index in [9.17, 15) is 0 Å².